The number of nitro benzene ring substituents is 1. The third-order valence-corrected chi connectivity index (χ3v) is 3.41. The third kappa shape index (κ3) is 3.54. The number of benzene rings is 2. The highest BCUT2D eigenvalue weighted by molar-refractivity contribution is 8.00. The van der Waals surface area contributed by atoms with E-state index in [4.69, 9.17) is 4.74 Å². The van der Waals surface area contributed by atoms with Crippen molar-refractivity contribution in [3.63, 3.8) is 0 Å². The van der Waals surface area contributed by atoms with Crippen LogP contribution in [0, 0.1) is 15.9 Å². The van der Waals surface area contributed by atoms with Gasteiger partial charge in [0.15, 0.2) is 11.5 Å². The van der Waals surface area contributed by atoms with E-state index in [1.165, 1.54) is 19.2 Å². The summed E-state index contributed by atoms with van der Waals surface area (Å²) in [4.78, 5) is 10.3. The molecule has 8 heteroatoms. The lowest BCUT2D eigenvalue weighted by Crippen LogP contribution is -1.94. The van der Waals surface area contributed by atoms with Crippen molar-refractivity contribution in [1.29, 1.82) is 0 Å². The molecular formula is C13H11FN2O4S. The fourth-order valence-corrected chi connectivity index (χ4v) is 2.24. The highest BCUT2D eigenvalue weighted by atomic mass is 32.2. The molecule has 21 heavy (non-hydrogen) atoms. The second kappa shape index (κ2) is 6.31. The lowest BCUT2D eigenvalue weighted by Gasteiger charge is -2.08. The Hall–Kier alpha value is -2.48. The van der Waals surface area contributed by atoms with Gasteiger partial charge in [-0.3, -0.25) is 10.1 Å². The van der Waals surface area contributed by atoms with E-state index < -0.39 is 16.4 Å². The molecule has 2 rings (SSSR count). The first-order chi connectivity index (χ1) is 10.0. The van der Waals surface area contributed by atoms with E-state index in [1.807, 2.05) is 0 Å². The number of phenolic OH excluding ortho intramolecular Hbond substituents is 1. The highest BCUT2D eigenvalue weighted by Crippen LogP contribution is 2.31. The summed E-state index contributed by atoms with van der Waals surface area (Å²) >= 11 is 1.06. The maximum Gasteiger partial charge on any atom is 0.305 e. The van der Waals surface area contributed by atoms with Gasteiger partial charge in [-0.15, -0.1) is 0 Å². The molecule has 2 aromatic rings. The predicted molar refractivity (Wildman–Crippen MR) is 77.2 cm³/mol. The molecule has 0 atom stereocenters. The number of phenols is 1. The van der Waals surface area contributed by atoms with Crippen molar-refractivity contribution in [3.8, 4) is 11.5 Å². The Balaban J connectivity index is 2.11. The largest absolute Gasteiger partial charge is 0.504 e. The molecule has 0 aliphatic carbocycles. The quantitative estimate of drug-likeness (QED) is 0.499. The number of halogens is 1. The first kappa shape index (κ1) is 14.9. The van der Waals surface area contributed by atoms with Crippen molar-refractivity contribution in [2.75, 3.05) is 11.8 Å². The first-order valence-electron chi connectivity index (χ1n) is 5.75. The molecule has 0 bridgehead atoms. The van der Waals surface area contributed by atoms with Gasteiger partial charge in [-0.25, -0.2) is 0 Å². The molecule has 2 N–H and O–H groups in total. The fourth-order valence-electron chi connectivity index (χ4n) is 1.57. The molecule has 0 fully saturated rings. The maximum absolute atomic E-state index is 13.2. The van der Waals surface area contributed by atoms with Crippen LogP contribution in [0.5, 0.6) is 11.5 Å². The lowest BCUT2D eigenvalue weighted by atomic mass is 10.3. The molecule has 0 aromatic heterocycles. The SMILES string of the molecule is COc1ccc(NSc2ccc(F)c([N+](=O)[O-])c2)cc1O. The molecule has 0 saturated carbocycles. The van der Waals surface area contributed by atoms with Crippen molar-refractivity contribution in [2.45, 2.75) is 4.90 Å². The Bertz CT molecular complexity index is 681. The van der Waals surface area contributed by atoms with Crippen molar-refractivity contribution in [1.82, 2.24) is 0 Å². The number of nitrogens with one attached hydrogen (secondary N) is 1. The van der Waals surface area contributed by atoms with Crippen LogP contribution in [0.25, 0.3) is 0 Å². The van der Waals surface area contributed by atoms with Crippen LogP contribution in [0.2, 0.25) is 0 Å². The van der Waals surface area contributed by atoms with E-state index in [2.05, 4.69) is 4.72 Å². The molecule has 0 radical (unpaired) electrons. The molecule has 6 nitrogen and oxygen atoms in total. The topological polar surface area (TPSA) is 84.6 Å². The number of anilines is 1. The van der Waals surface area contributed by atoms with Gasteiger partial charge in [0.2, 0.25) is 5.82 Å². The van der Waals surface area contributed by atoms with Crippen LogP contribution in [0.3, 0.4) is 0 Å². The zero-order valence-electron chi connectivity index (χ0n) is 10.9. The first-order valence-corrected chi connectivity index (χ1v) is 6.56. The minimum atomic E-state index is -0.883. The number of hydrogen-bond donors (Lipinski definition) is 2. The van der Waals surface area contributed by atoms with Crippen LogP contribution in [-0.2, 0) is 0 Å². The number of hydrogen-bond acceptors (Lipinski definition) is 6. The van der Waals surface area contributed by atoms with Gasteiger partial charge in [0.05, 0.1) is 12.0 Å². The predicted octanol–water partition coefficient (Wildman–Crippen LogP) is 3.57. The normalized spacial score (nSPS) is 10.2. The van der Waals surface area contributed by atoms with E-state index in [0.717, 1.165) is 24.1 Å². The Morgan fingerprint density at radius 1 is 1.33 bits per heavy atom. The standard InChI is InChI=1S/C13H11FN2O4S/c1-20-13-5-2-8(6-12(13)17)15-21-9-3-4-10(14)11(7-9)16(18)19/h2-7,15,17H,1H3. The fraction of sp³-hybridized carbons (Fsp3) is 0.0769. The molecule has 0 saturated heterocycles. The molecule has 0 aliphatic heterocycles. The summed E-state index contributed by atoms with van der Waals surface area (Å²) in [6.45, 7) is 0. The van der Waals surface area contributed by atoms with Crippen LogP contribution < -0.4 is 9.46 Å². The maximum atomic E-state index is 13.2. The van der Waals surface area contributed by atoms with Gasteiger partial charge in [0.25, 0.3) is 0 Å². The van der Waals surface area contributed by atoms with Crippen LogP contribution in [0.15, 0.2) is 41.3 Å². The van der Waals surface area contributed by atoms with Crippen molar-refractivity contribution in [2.24, 2.45) is 0 Å². The summed E-state index contributed by atoms with van der Waals surface area (Å²) in [7, 11) is 1.44. The number of aromatic hydroxyl groups is 1. The zero-order valence-corrected chi connectivity index (χ0v) is 11.7. The second-order valence-corrected chi connectivity index (χ2v) is 4.84. The second-order valence-electron chi connectivity index (χ2n) is 3.96. The Morgan fingerprint density at radius 3 is 2.71 bits per heavy atom. The van der Waals surface area contributed by atoms with E-state index in [-0.39, 0.29) is 5.75 Å². The molecular weight excluding hydrogens is 299 g/mol. The van der Waals surface area contributed by atoms with E-state index in [0.29, 0.717) is 16.3 Å². The summed E-state index contributed by atoms with van der Waals surface area (Å²) in [6.07, 6.45) is 0. The minimum Gasteiger partial charge on any atom is -0.504 e. The van der Waals surface area contributed by atoms with Gasteiger partial charge in [0.1, 0.15) is 0 Å². The molecule has 0 amide bonds. The van der Waals surface area contributed by atoms with Gasteiger partial charge >= 0.3 is 5.69 Å². The summed E-state index contributed by atoms with van der Waals surface area (Å²) in [5, 5.41) is 20.3. The van der Waals surface area contributed by atoms with Crippen molar-refractivity contribution >= 4 is 23.3 Å². The summed E-state index contributed by atoms with van der Waals surface area (Å²) in [6, 6.07) is 8.28. The van der Waals surface area contributed by atoms with Gasteiger partial charge < -0.3 is 14.6 Å². The monoisotopic (exact) mass is 310 g/mol. The summed E-state index contributed by atoms with van der Waals surface area (Å²) in [5.41, 5.74) is -0.00958. The number of methoxy groups -OCH3 is 1. The Kier molecular flexibility index (Phi) is 4.49. The lowest BCUT2D eigenvalue weighted by molar-refractivity contribution is -0.387. The van der Waals surface area contributed by atoms with Crippen molar-refractivity contribution in [3.05, 3.63) is 52.3 Å². The Morgan fingerprint density at radius 2 is 2.10 bits per heavy atom. The summed E-state index contributed by atoms with van der Waals surface area (Å²) in [5.74, 6) is -0.581. The minimum absolute atomic E-state index is 0.0341. The number of nitro groups is 1. The van der Waals surface area contributed by atoms with Gasteiger partial charge in [-0.1, -0.05) is 0 Å². The van der Waals surface area contributed by atoms with Crippen LogP contribution >= 0.6 is 11.9 Å². The highest BCUT2D eigenvalue weighted by Gasteiger charge is 2.14. The molecule has 0 spiro atoms. The van der Waals surface area contributed by atoms with Crippen LogP contribution in [0.1, 0.15) is 0 Å². The smallest absolute Gasteiger partial charge is 0.305 e. The van der Waals surface area contributed by atoms with Crippen molar-refractivity contribution < 1.29 is 19.2 Å². The van der Waals surface area contributed by atoms with Gasteiger partial charge in [-0.2, -0.15) is 4.39 Å². The number of rotatable bonds is 5. The molecule has 110 valence electrons. The molecule has 0 aliphatic rings. The zero-order chi connectivity index (χ0) is 15.4. The average molecular weight is 310 g/mol. The third-order valence-electron chi connectivity index (χ3n) is 2.58. The molecule has 2 aromatic carbocycles. The van der Waals surface area contributed by atoms with E-state index >= 15 is 0 Å². The van der Waals surface area contributed by atoms with Gasteiger partial charge in [0, 0.05) is 22.7 Å². The van der Waals surface area contributed by atoms with Crippen LogP contribution in [-0.4, -0.2) is 17.1 Å². The summed E-state index contributed by atoms with van der Waals surface area (Å²) < 4.78 is 21.0. The molecule has 0 unspecified atom stereocenters. The van der Waals surface area contributed by atoms with Crippen LogP contribution in [0.4, 0.5) is 15.8 Å². The van der Waals surface area contributed by atoms with E-state index in [1.54, 1.807) is 12.1 Å². The number of ether oxygens (including phenoxy) is 1. The van der Waals surface area contributed by atoms with E-state index in [9.17, 15) is 19.6 Å². The average Bonchev–Trinajstić information content (AvgIpc) is 2.46. The number of nitrogens with zero attached hydrogens (tertiary/aromatic N) is 1. The molecule has 0 heterocycles. The Labute approximate surface area is 123 Å². The van der Waals surface area contributed by atoms with Gasteiger partial charge in [-0.05, 0) is 36.2 Å².